The van der Waals surface area contributed by atoms with E-state index in [9.17, 15) is 9.59 Å². The van der Waals surface area contributed by atoms with E-state index in [-0.39, 0.29) is 29.8 Å². The number of esters is 1. The Labute approximate surface area is 177 Å². The van der Waals surface area contributed by atoms with Gasteiger partial charge in [0.1, 0.15) is 18.8 Å². The van der Waals surface area contributed by atoms with Crippen molar-refractivity contribution >= 4 is 12.1 Å². The summed E-state index contributed by atoms with van der Waals surface area (Å²) < 4.78 is 28.8. The van der Waals surface area contributed by atoms with Gasteiger partial charge in [-0.25, -0.2) is 4.79 Å². The van der Waals surface area contributed by atoms with Gasteiger partial charge in [-0.2, -0.15) is 0 Å². The second-order valence-corrected chi connectivity index (χ2v) is 9.47. The first-order valence-corrected chi connectivity index (χ1v) is 10.6. The normalized spacial score (nSPS) is 31.2. The molecule has 30 heavy (non-hydrogen) atoms. The van der Waals surface area contributed by atoms with E-state index in [4.69, 9.17) is 23.7 Å². The largest absolute Gasteiger partial charge is 0.509 e. The van der Waals surface area contributed by atoms with Crippen LogP contribution in [0.4, 0.5) is 4.79 Å². The maximum absolute atomic E-state index is 12.4. The Hall–Kier alpha value is -2.12. The summed E-state index contributed by atoms with van der Waals surface area (Å²) in [7, 11) is 0. The van der Waals surface area contributed by atoms with Crippen LogP contribution < -0.4 is 0 Å². The van der Waals surface area contributed by atoms with Gasteiger partial charge in [0.15, 0.2) is 5.79 Å². The fraction of sp³-hybridized carbons (Fsp3) is 0.652. The molecule has 0 amide bonds. The molecule has 1 aromatic carbocycles. The summed E-state index contributed by atoms with van der Waals surface area (Å²) in [6, 6.07) is 9.41. The zero-order valence-electron chi connectivity index (χ0n) is 17.8. The van der Waals surface area contributed by atoms with Gasteiger partial charge in [0.2, 0.25) is 0 Å². The third-order valence-electron chi connectivity index (χ3n) is 6.25. The van der Waals surface area contributed by atoms with E-state index in [1.54, 1.807) is 0 Å². The highest BCUT2D eigenvalue weighted by molar-refractivity contribution is 5.66. The lowest BCUT2D eigenvalue weighted by molar-refractivity contribution is -0.298. The van der Waals surface area contributed by atoms with Crippen LogP contribution in [0.5, 0.6) is 0 Å². The molecule has 2 aliphatic carbocycles. The van der Waals surface area contributed by atoms with E-state index in [0.29, 0.717) is 32.5 Å². The second kappa shape index (κ2) is 8.19. The third kappa shape index (κ3) is 4.62. The van der Waals surface area contributed by atoms with Crippen molar-refractivity contribution in [1.29, 1.82) is 0 Å². The molecule has 4 rings (SSSR count). The van der Waals surface area contributed by atoms with Gasteiger partial charge in [-0.3, -0.25) is 4.79 Å². The Kier molecular flexibility index (Phi) is 5.77. The van der Waals surface area contributed by atoms with E-state index >= 15 is 0 Å². The Morgan fingerprint density at radius 1 is 1.07 bits per heavy atom. The Morgan fingerprint density at radius 3 is 2.43 bits per heavy atom. The number of benzene rings is 1. The standard InChI is InChI=1S/C23H30O7/c1-15(24)29-19-9-17-10-23(27-13-22(2,3)14-28-23)11-18(17)20(19)30-21(25)26-12-16-7-5-4-6-8-16/h4-8,17-20H,9-14H2,1-3H3/t17-,18+,19+,20+/m0/s1. The summed E-state index contributed by atoms with van der Waals surface area (Å²) >= 11 is 0. The summed E-state index contributed by atoms with van der Waals surface area (Å²) in [5.41, 5.74) is 0.863. The molecule has 1 aliphatic heterocycles. The van der Waals surface area contributed by atoms with E-state index in [2.05, 4.69) is 13.8 Å². The lowest BCUT2D eigenvalue weighted by atomic mass is 9.94. The first kappa shape index (κ1) is 21.1. The van der Waals surface area contributed by atoms with Gasteiger partial charge in [0.25, 0.3) is 0 Å². The van der Waals surface area contributed by atoms with E-state index in [1.165, 1.54) is 6.92 Å². The molecule has 1 saturated heterocycles. The van der Waals surface area contributed by atoms with Crippen LogP contribution in [0, 0.1) is 17.3 Å². The Balaban J connectivity index is 1.41. The van der Waals surface area contributed by atoms with Crippen LogP contribution in [-0.4, -0.2) is 43.3 Å². The predicted molar refractivity (Wildman–Crippen MR) is 106 cm³/mol. The number of rotatable bonds is 4. The Bertz CT molecular complexity index is 765. The summed E-state index contributed by atoms with van der Waals surface area (Å²) in [5, 5.41) is 0. The minimum atomic E-state index is -0.755. The van der Waals surface area contributed by atoms with Crippen molar-refractivity contribution in [3.63, 3.8) is 0 Å². The van der Waals surface area contributed by atoms with Crippen LogP contribution in [-0.2, 0) is 35.1 Å². The summed E-state index contributed by atoms with van der Waals surface area (Å²) in [4.78, 5) is 24.0. The van der Waals surface area contributed by atoms with Crippen molar-refractivity contribution < 1.29 is 33.3 Å². The second-order valence-electron chi connectivity index (χ2n) is 9.47. The molecule has 0 N–H and O–H groups in total. The molecule has 1 spiro atoms. The van der Waals surface area contributed by atoms with Crippen molar-refractivity contribution in [3.05, 3.63) is 35.9 Å². The number of fused-ring (bicyclic) bond motifs is 1. The number of hydrogen-bond donors (Lipinski definition) is 0. The van der Waals surface area contributed by atoms with Gasteiger partial charge in [-0.1, -0.05) is 44.2 Å². The number of hydrogen-bond acceptors (Lipinski definition) is 7. The van der Waals surface area contributed by atoms with Gasteiger partial charge >= 0.3 is 12.1 Å². The van der Waals surface area contributed by atoms with Crippen molar-refractivity contribution in [1.82, 2.24) is 0 Å². The van der Waals surface area contributed by atoms with Gasteiger partial charge < -0.3 is 23.7 Å². The zero-order valence-corrected chi connectivity index (χ0v) is 17.8. The molecule has 164 valence electrons. The Morgan fingerprint density at radius 2 is 1.77 bits per heavy atom. The highest BCUT2D eigenvalue weighted by atomic mass is 16.7. The monoisotopic (exact) mass is 418 g/mol. The first-order valence-electron chi connectivity index (χ1n) is 10.6. The maximum Gasteiger partial charge on any atom is 0.509 e. The van der Waals surface area contributed by atoms with E-state index in [0.717, 1.165) is 5.56 Å². The van der Waals surface area contributed by atoms with E-state index in [1.807, 2.05) is 30.3 Å². The molecule has 4 atom stereocenters. The lowest BCUT2D eigenvalue weighted by Crippen LogP contribution is -2.47. The fourth-order valence-electron chi connectivity index (χ4n) is 4.84. The van der Waals surface area contributed by atoms with E-state index < -0.39 is 24.2 Å². The molecule has 0 bridgehead atoms. The third-order valence-corrected chi connectivity index (χ3v) is 6.25. The molecular formula is C23H30O7. The lowest BCUT2D eigenvalue weighted by Gasteiger charge is -2.42. The number of ether oxygens (including phenoxy) is 5. The first-order chi connectivity index (χ1) is 14.3. The van der Waals surface area contributed by atoms with Crippen molar-refractivity contribution in [2.24, 2.45) is 17.3 Å². The van der Waals surface area contributed by atoms with Crippen molar-refractivity contribution in [2.75, 3.05) is 13.2 Å². The molecule has 0 unspecified atom stereocenters. The predicted octanol–water partition coefficient (Wildman–Crippen LogP) is 3.84. The zero-order chi connectivity index (χ0) is 21.4. The van der Waals surface area contributed by atoms with Gasteiger partial charge in [0, 0.05) is 31.1 Å². The highest BCUT2D eigenvalue weighted by Crippen LogP contribution is 2.54. The summed E-state index contributed by atoms with van der Waals surface area (Å²) in [6.07, 6.45) is 0.155. The molecule has 3 fully saturated rings. The molecule has 7 nitrogen and oxygen atoms in total. The van der Waals surface area contributed by atoms with Crippen LogP contribution in [0.15, 0.2) is 30.3 Å². The van der Waals surface area contributed by atoms with Crippen molar-refractivity contribution in [2.45, 2.75) is 64.6 Å². The van der Waals surface area contributed by atoms with Crippen LogP contribution in [0.25, 0.3) is 0 Å². The molecule has 0 radical (unpaired) electrons. The van der Waals surface area contributed by atoms with Gasteiger partial charge in [0.05, 0.1) is 13.2 Å². The van der Waals surface area contributed by atoms with Crippen LogP contribution in [0.1, 0.15) is 45.6 Å². The van der Waals surface area contributed by atoms with Crippen LogP contribution >= 0.6 is 0 Å². The van der Waals surface area contributed by atoms with Crippen LogP contribution in [0.2, 0.25) is 0 Å². The van der Waals surface area contributed by atoms with Crippen LogP contribution in [0.3, 0.4) is 0 Å². The summed E-state index contributed by atoms with van der Waals surface area (Å²) in [5.74, 6) is -0.822. The molecule has 7 heteroatoms. The average molecular weight is 418 g/mol. The van der Waals surface area contributed by atoms with Gasteiger partial charge in [-0.05, 0) is 17.9 Å². The van der Waals surface area contributed by atoms with Gasteiger partial charge in [-0.15, -0.1) is 0 Å². The fourth-order valence-corrected chi connectivity index (χ4v) is 4.84. The minimum absolute atomic E-state index is 0.000150. The molecule has 3 aliphatic rings. The number of carbonyl (C=O) groups is 2. The smallest absolute Gasteiger partial charge is 0.459 e. The summed E-state index contributed by atoms with van der Waals surface area (Å²) in [6.45, 7) is 6.98. The molecule has 0 aromatic heterocycles. The average Bonchev–Trinajstić information content (AvgIpc) is 3.19. The van der Waals surface area contributed by atoms with Crippen molar-refractivity contribution in [3.8, 4) is 0 Å². The molecule has 1 aromatic rings. The SMILES string of the molecule is CC(=O)O[C@@H]1C[C@H]2CC3(C[C@H]2[C@H]1OC(=O)OCc1ccccc1)OCC(C)(C)CO3. The number of carbonyl (C=O) groups excluding carboxylic acids is 2. The topological polar surface area (TPSA) is 80.3 Å². The minimum Gasteiger partial charge on any atom is -0.459 e. The highest BCUT2D eigenvalue weighted by Gasteiger charge is 2.59. The maximum atomic E-state index is 12.4. The molecular weight excluding hydrogens is 388 g/mol. The quantitative estimate of drug-likeness (QED) is 0.687. The molecule has 2 saturated carbocycles. The molecule has 1 heterocycles.